The minimum Gasteiger partial charge on any atom is -0.307 e. The number of Topliss-reactive ketones (excluding diaryl/α,β-unsaturated/α-hetero) is 3. The highest BCUT2D eigenvalue weighted by molar-refractivity contribution is 14.0. The normalized spacial score (nSPS) is 11.3. The lowest BCUT2D eigenvalue weighted by Crippen LogP contribution is -2.61. The summed E-state index contributed by atoms with van der Waals surface area (Å²) in [5.41, 5.74) is 4.51. The summed E-state index contributed by atoms with van der Waals surface area (Å²) in [5.74, 6) is -1.02. The van der Waals surface area contributed by atoms with Crippen LogP contribution in [0.15, 0.2) is 0 Å². The number of halogens is 1. The molecule has 0 aliphatic carbocycles. The lowest BCUT2D eigenvalue weighted by Gasteiger charge is -2.25. The van der Waals surface area contributed by atoms with Crippen LogP contribution in [0.3, 0.4) is 0 Å². The maximum Gasteiger partial charge on any atom is 0.193 e. The molecule has 0 aromatic carbocycles. The van der Waals surface area contributed by atoms with Crippen LogP contribution in [0, 0.1) is 0 Å². The van der Waals surface area contributed by atoms with Crippen molar-refractivity contribution in [2.75, 3.05) is 0 Å². The molecule has 0 bridgehead atoms. The van der Waals surface area contributed by atoms with Gasteiger partial charge in [0.2, 0.25) is 0 Å². The first-order valence-corrected chi connectivity index (χ1v) is 15.3. The molecule has 0 aliphatic heterocycles. The van der Waals surface area contributed by atoms with Gasteiger partial charge in [-0.05, 0) is 19.3 Å². The number of hydrogen-bond acceptors (Lipinski definition) is 4. The molecule has 0 rings (SSSR count). The first-order valence-electron chi connectivity index (χ1n) is 15.3. The lowest BCUT2D eigenvalue weighted by molar-refractivity contribution is -0.142. The maximum absolute atomic E-state index is 13.1. The van der Waals surface area contributed by atoms with Crippen molar-refractivity contribution in [3.05, 3.63) is 0 Å². The smallest absolute Gasteiger partial charge is 0.193 e. The molecule has 0 aliphatic rings. The number of hydrogen-bond donors (Lipinski definition) is 1. The number of carbonyl (C=O) groups is 3. The van der Waals surface area contributed by atoms with Crippen LogP contribution in [0.4, 0.5) is 0 Å². The Kier molecular flexibility index (Phi) is 27.7. The summed E-state index contributed by atoms with van der Waals surface area (Å²) in [4.78, 5) is 39.4. The van der Waals surface area contributed by atoms with Crippen LogP contribution >= 0.6 is 24.0 Å². The van der Waals surface area contributed by atoms with Crippen molar-refractivity contribution in [3.8, 4) is 0 Å². The zero-order chi connectivity index (χ0) is 26.2. The van der Waals surface area contributed by atoms with Crippen molar-refractivity contribution in [3.63, 3.8) is 0 Å². The molecule has 0 fully saturated rings. The summed E-state index contributed by atoms with van der Waals surface area (Å²) in [6, 6.07) is 0. The third-order valence-corrected chi connectivity index (χ3v) is 7.34. The van der Waals surface area contributed by atoms with Crippen LogP contribution in [0.2, 0.25) is 0 Å². The molecule has 0 saturated carbocycles. The molecular weight excluding hydrogens is 561 g/mol. The Balaban J connectivity index is 0. The topological polar surface area (TPSA) is 77.2 Å². The van der Waals surface area contributed by atoms with E-state index in [0.717, 1.165) is 57.8 Å². The van der Waals surface area contributed by atoms with E-state index < -0.39 is 5.54 Å². The molecule has 0 saturated heterocycles. The highest BCUT2D eigenvalue weighted by atomic mass is 127. The molecule has 0 unspecified atom stereocenters. The Labute approximate surface area is 241 Å². The van der Waals surface area contributed by atoms with Gasteiger partial charge in [0.25, 0.3) is 0 Å². The second kappa shape index (κ2) is 26.3. The van der Waals surface area contributed by atoms with E-state index >= 15 is 0 Å². The van der Waals surface area contributed by atoms with Crippen molar-refractivity contribution in [2.45, 2.75) is 180 Å². The highest BCUT2D eigenvalue weighted by Gasteiger charge is 2.46. The van der Waals surface area contributed by atoms with E-state index in [-0.39, 0.29) is 60.6 Å². The third-order valence-electron chi connectivity index (χ3n) is 7.34. The molecule has 0 heterocycles. The molecule has 5 heteroatoms. The van der Waals surface area contributed by atoms with Crippen molar-refractivity contribution in [2.24, 2.45) is 5.73 Å². The number of ketones is 3. The Morgan fingerprint density at radius 2 is 0.611 bits per heavy atom. The zero-order valence-corrected chi connectivity index (χ0v) is 26.5. The van der Waals surface area contributed by atoms with Gasteiger partial charge in [-0.3, -0.25) is 14.4 Å². The summed E-state index contributed by atoms with van der Waals surface area (Å²) >= 11 is 0. The van der Waals surface area contributed by atoms with E-state index in [4.69, 9.17) is 5.73 Å². The van der Waals surface area contributed by atoms with Gasteiger partial charge in [0.05, 0.1) is 0 Å². The largest absolute Gasteiger partial charge is 0.307 e. The number of nitrogens with two attached hydrogens (primary N) is 1. The van der Waals surface area contributed by atoms with Crippen molar-refractivity contribution in [1.82, 2.24) is 0 Å². The summed E-state index contributed by atoms with van der Waals surface area (Å²) in [7, 11) is 0. The van der Waals surface area contributed by atoms with Crippen LogP contribution in [-0.2, 0) is 14.4 Å². The minimum absolute atomic E-state index is 0. The molecule has 0 aromatic rings. The van der Waals surface area contributed by atoms with Crippen molar-refractivity contribution in [1.29, 1.82) is 0 Å². The Morgan fingerprint density at radius 1 is 0.417 bits per heavy atom. The van der Waals surface area contributed by atoms with Crippen LogP contribution in [0.25, 0.3) is 0 Å². The molecule has 0 atom stereocenters. The second-order valence-electron chi connectivity index (χ2n) is 10.7. The Hall–Kier alpha value is -0.300. The summed E-state index contributed by atoms with van der Waals surface area (Å²) in [6.07, 6.45) is 23.8. The number of carbonyl (C=O) groups excluding carboxylic acids is 3. The molecule has 0 radical (unpaired) electrons. The highest BCUT2D eigenvalue weighted by Crippen LogP contribution is 2.21. The van der Waals surface area contributed by atoms with Gasteiger partial charge in [-0.1, -0.05) is 136 Å². The summed E-state index contributed by atoms with van der Waals surface area (Å²) in [6.45, 7) is 6.60. The van der Waals surface area contributed by atoms with Gasteiger partial charge in [0.15, 0.2) is 22.9 Å². The fourth-order valence-corrected chi connectivity index (χ4v) is 4.79. The van der Waals surface area contributed by atoms with E-state index in [0.29, 0.717) is 0 Å². The van der Waals surface area contributed by atoms with E-state index in [1.165, 1.54) is 77.0 Å². The SMILES string of the molecule is CCCCCCCCCC(=O)C(N)(C(=O)CCCCCCCCC)C(=O)CCCCCCCCC.I. The van der Waals surface area contributed by atoms with Gasteiger partial charge in [0.1, 0.15) is 0 Å². The van der Waals surface area contributed by atoms with Crippen molar-refractivity contribution < 1.29 is 14.4 Å². The quantitative estimate of drug-likeness (QED) is 0.0563. The molecule has 0 spiro atoms. The molecule has 36 heavy (non-hydrogen) atoms. The van der Waals surface area contributed by atoms with Gasteiger partial charge in [-0.25, -0.2) is 0 Å². The predicted octanol–water partition coefficient (Wildman–Crippen LogP) is 9.43. The molecule has 4 nitrogen and oxygen atoms in total. The van der Waals surface area contributed by atoms with E-state index in [1.54, 1.807) is 0 Å². The molecule has 214 valence electrons. The second-order valence-corrected chi connectivity index (χ2v) is 10.7. The van der Waals surface area contributed by atoms with Gasteiger partial charge >= 0.3 is 0 Å². The predicted molar refractivity (Wildman–Crippen MR) is 165 cm³/mol. The first kappa shape index (κ1) is 37.9. The molecule has 0 aromatic heterocycles. The van der Waals surface area contributed by atoms with Crippen LogP contribution in [0.1, 0.15) is 175 Å². The lowest BCUT2D eigenvalue weighted by atomic mass is 9.79. The van der Waals surface area contributed by atoms with Gasteiger partial charge in [-0.2, -0.15) is 0 Å². The molecule has 0 amide bonds. The Morgan fingerprint density at radius 3 is 0.833 bits per heavy atom. The fraction of sp³-hybridized carbons (Fsp3) is 0.903. The van der Waals surface area contributed by atoms with Gasteiger partial charge < -0.3 is 5.73 Å². The minimum atomic E-state index is -1.91. The summed E-state index contributed by atoms with van der Waals surface area (Å²) < 4.78 is 0. The van der Waals surface area contributed by atoms with Gasteiger partial charge in [0, 0.05) is 19.3 Å². The average molecular weight is 622 g/mol. The van der Waals surface area contributed by atoms with Crippen LogP contribution in [-0.4, -0.2) is 22.9 Å². The van der Waals surface area contributed by atoms with E-state index in [2.05, 4.69) is 20.8 Å². The van der Waals surface area contributed by atoms with E-state index in [1.807, 2.05) is 0 Å². The standard InChI is InChI=1S/C31H59NO3.HI/c1-4-7-10-13-16-19-22-25-28(33)31(32,29(34)26-23-20-17-14-11-8-5-2)30(35)27-24-21-18-15-12-9-6-3;/h4-27,32H2,1-3H3;1H. The van der Waals surface area contributed by atoms with Crippen LogP contribution in [0.5, 0.6) is 0 Å². The monoisotopic (exact) mass is 621 g/mol. The molecule has 2 N–H and O–H groups in total. The average Bonchev–Trinajstić information content (AvgIpc) is 2.86. The number of unbranched alkanes of at least 4 members (excludes halogenated alkanes) is 18. The van der Waals surface area contributed by atoms with Gasteiger partial charge in [-0.15, -0.1) is 24.0 Å². The number of rotatable bonds is 27. The zero-order valence-electron chi connectivity index (χ0n) is 24.2. The van der Waals surface area contributed by atoms with E-state index in [9.17, 15) is 14.4 Å². The Bertz CT molecular complexity index is 476. The maximum atomic E-state index is 13.1. The summed E-state index contributed by atoms with van der Waals surface area (Å²) in [5, 5.41) is 0. The molecular formula is C31H60INO3. The van der Waals surface area contributed by atoms with Crippen LogP contribution < -0.4 is 5.73 Å². The van der Waals surface area contributed by atoms with Crippen molar-refractivity contribution >= 4 is 41.3 Å². The fourth-order valence-electron chi connectivity index (χ4n) is 4.79. The third kappa shape index (κ3) is 18.0. The first-order chi connectivity index (χ1) is 16.9.